The van der Waals surface area contributed by atoms with Crippen LogP contribution in [0.4, 0.5) is 5.82 Å². The van der Waals surface area contributed by atoms with E-state index < -0.39 is 0 Å². The zero-order valence-electron chi connectivity index (χ0n) is 9.59. The molecule has 2 rings (SSSR count). The Bertz CT molecular complexity index is 345. The Morgan fingerprint density at radius 2 is 2.06 bits per heavy atom. The molecule has 0 aliphatic carbocycles. The number of nitrogens with zero attached hydrogens (tertiary/aromatic N) is 3. The minimum Gasteiger partial charge on any atom is -0.353 e. The van der Waals surface area contributed by atoms with Crippen LogP contribution in [-0.4, -0.2) is 42.0 Å². The molecular formula is C12H17N3O. The number of hydrogen-bond donors (Lipinski definition) is 0. The monoisotopic (exact) mass is 219 g/mol. The summed E-state index contributed by atoms with van der Waals surface area (Å²) in [6, 6.07) is 5.92. The number of rotatable bonds is 2. The minimum absolute atomic E-state index is 0.251. The van der Waals surface area contributed by atoms with Gasteiger partial charge < -0.3 is 9.80 Å². The zero-order chi connectivity index (χ0) is 11.4. The van der Waals surface area contributed by atoms with E-state index in [0.29, 0.717) is 6.42 Å². The van der Waals surface area contributed by atoms with Gasteiger partial charge in [-0.25, -0.2) is 4.98 Å². The number of piperazine rings is 1. The molecule has 2 heterocycles. The van der Waals surface area contributed by atoms with Crippen molar-refractivity contribution >= 4 is 11.7 Å². The lowest BCUT2D eigenvalue weighted by Gasteiger charge is -2.35. The van der Waals surface area contributed by atoms with E-state index in [1.165, 1.54) is 0 Å². The van der Waals surface area contributed by atoms with E-state index in [4.69, 9.17) is 0 Å². The second-order valence-corrected chi connectivity index (χ2v) is 3.91. The minimum atomic E-state index is 0.251. The predicted octanol–water partition coefficient (Wildman–Crippen LogP) is 1.14. The number of anilines is 1. The third-order valence-corrected chi connectivity index (χ3v) is 2.91. The molecule has 1 saturated heterocycles. The fourth-order valence-corrected chi connectivity index (χ4v) is 1.95. The molecule has 0 unspecified atom stereocenters. The van der Waals surface area contributed by atoms with Gasteiger partial charge in [-0.15, -0.1) is 0 Å². The van der Waals surface area contributed by atoms with Crippen LogP contribution in [-0.2, 0) is 4.79 Å². The number of amides is 1. The Morgan fingerprint density at radius 1 is 1.31 bits per heavy atom. The summed E-state index contributed by atoms with van der Waals surface area (Å²) in [5.41, 5.74) is 0. The van der Waals surface area contributed by atoms with Gasteiger partial charge in [-0.3, -0.25) is 4.79 Å². The molecule has 0 radical (unpaired) electrons. The molecule has 0 atom stereocenters. The van der Waals surface area contributed by atoms with Crippen molar-refractivity contribution in [1.29, 1.82) is 0 Å². The second kappa shape index (κ2) is 4.96. The van der Waals surface area contributed by atoms with Gasteiger partial charge in [-0.1, -0.05) is 13.0 Å². The normalized spacial score (nSPS) is 16.3. The van der Waals surface area contributed by atoms with Crippen molar-refractivity contribution in [3.8, 4) is 0 Å². The molecule has 1 amide bonds. The average Bonchev–Trinajstić information content (AvgIpc) is 2.39. The van der Waals surface area contributed by atoms with Crippen molar-refractivity contribution in [2.24, 2.45) is 0 Å². The number of pyridine rings is 1. The molecule has 0 saturated carbocycles. The smallest absolute Gasteiger partial charge is 0.222 e. The summed E-state index contributed by atoms with van der Waals surface area (Å²) in [6.45, 7) is 5.28. The molecule has 0 bridgehead atoms. The maximum absolute atomic E-state index is 11.5. The lowest BCUT2D eigenvalue weighted by atomic mass is 10.3. The summed E-state index contributed by atoms with van der Waals surface area (Å²) in [6.07, 6.45) is 2.41. The number of hydrogen-bond acceptors (Lipinski definition) is 3. The molecular weight excluding hydrogens is 202 g/mol. The van der Waals surface area contributed by atoms with Gasteiger partial charge in [-0.2, -0.15) is 0 Å². The maximum atomic E-state index is 11.5. The quantitative estimate of drug-likeness (QED) is 0.748. The van der Waals surface area contributed by atoms with E-state index in [2.05, 4.69) is 9.88 Å². The molecule has 0 aromatic carbocycles. The van der Waals surface area contributed by atoms with Gasteiger partial charge in [0.15, 0.2) is 0 Å². The maximum Gasteiger partial charge on any atom is 0.222 e. The van der Waals surface area contributed by atoms with Crippen LogP contribution >= 0.6 is 0 Å². The molecule has 1 aliphatic rings. The Balaban J connectivity index is 1.93. The highest BCUT2D eigenvalue weighted by molar-refractivity contribution is 5.76. The Kier molecular flexibility index (Phi) is 3.39. The Morgan fingerprint density at radius 3 is 2.62 bits per heavy atom. The summed E-state index contributed by atoms with van der Waals surface area (Å²) in [7, 11) is 0. The van der Waals surface area contributed by atoms with Crippen molar-refractivity contribution in [2.45, 2.75) is 13.3 Å². The zero-order valence-corrected chi connectivity index (χ0v) is 9.59. The fourth-order valence-electron chi connectivity index (χ4n) is 1.95. The Hall–Kier alpha value is -1.58. The molecule has 86 valence electrons. The van der Waals surface area contributed by atoms with Crippen molar-refractivity contribution in [2.75, 3.05) is 31.1 Å². The molecule has 4 nitrogen and oxygen atoms in total. The van der Waals surface area contributed by atoms with Crippen LogP contribution in [0.1, 0.15) is 13.3 Å². The van der Waals surface area contributed by atoms with E-state index in [-0.39, 0.29) is 5.91 Å². The first-order valence-electron chi connectivity index (χ1n) is 5.75. The van der Waals surface area contributed by atoms with Gasteiger partial charge >= 0.3 is 0 Å². The first-order chi connectivity index (χ1) is 7.81. The standard InChI is InChI=1S/C12H17N3O/c1-2-12(16)15-9-7-14(8-10-15)11-5-3-4-6-13-11/h3-6H,2,7-10H2,1H3. The van der Waals surface area contributed by atoms with E-state index in [0.717, 1.165) is 32.0 Å². The largest absolute Gasteiger partial charge is 0.353 e. The van der Waals surface area contributed by atoms with Crippen LogP contribution in [0.25, 0.3) is 0 Å². The van der Waals surface area contributed by atoms with Gasteiger partial charge in [0.1, 0.15) is 5.82 Å². The van der Waals surface area contributed by atoms with Crippen molar-refractivity contribution in [3.05, 3.63) is 24.4 Å². The highest BCUT2D eigenvalue weighted by Crippen LogP contribution is 2.12. The molecule has 0 spiro atoms. The van der Waals surface area contributed by atoms with Crippen molar-refractivity contribution in [1.82, 2.24) is 9.88 Å². The summed E-state index contributed by atoms with van der Waals surface area (Å²) in [5, 5.41) is 0. The van der Waals surface area contributed by atoms with Gasteiger partial charge in [0.2, 0.25) is 5.91 Å². The summed E-state index contributed by atoms with van der Waals surface area (Å²) >= 11 is 0. The number of aromatic nitrogens is 1. The summed E-state index contributed by atoms with van der Waals surface area (Å²) in [4.78, 5) is 20.0. The Labute approximate surface area is 95.9 Å². The predicted molar refractivity (Wildman–Crippen MR) is 63.3 cm³/mol. The first-order valence-corrected chi connectivity index (χ1v) is 5.75. The molecule has 16 heavy (non-hydrogen) atoms. The third kappa shape index (κ3) is 2.32. The highest BCUT2D eigenvalue weighted by atomic mass is 16.2. The number of carbonyl (C=O) groups excluding carboxylic acids is 1. The first kappa shape index (κ1) is 10.9. The molecule has 1 aromatic rings. The fraction of sp³-hybridized carbons (Fsp3) is 0.500. The lowest BCUT2D eigenvalue weighted by Crippen LogP contribution is -2.48. The van der Waals surface area contributed by atoms with E-state index in [1.807, 2.05) is 30.0 Å². The highest BCUT2D eigenvalue weighted by Gasteiger charge is 2.20. The van der Waals surface area contributed by atoms with Crippen molar-refractivity contribution in [3.63, 3.8) is 0 Å². The molecule has 1 aliphatic heterocycles. The van der Waals surface area contributed by atoms with Crippen molar-refractivity contribution < 1.29 is 4.79 Å². The van der Waals surface area contributed by atoms with E-state index in [9.17, 15) is 4.79 Å². The van der Waals surface area contributed by atoms with Gasteiger partial charge in [0, 0.05) is 38.8 Å². The summed E-state index contributed by atoms with van der Waals surface area (Å²) in [5.74, 6) is 1.26. The number of carbonyl (C=O) groups is 1. The van der Waals surface area contributed by atoms with Gasteiger partial charge in [0.25, 0.3) is 0 Å². The molecule has 0 N–H and O–H groups in total. The van der Waals surface area contributed by atoms with Gasteiger partial charge in [0.05, 0.1) is 0 Å². The molecule has 1 fully saturated rings. The van der Waals surface area contributed by atoms with E-state index in [1.54, 1.807) is 6.20 Å². The molecule has 1 aromatic heterocycles. The van der Waals surface area contributed by atoms with Crippen LogP contribution in [0.15, 0.2) is 24.4 Å². The third-order valence-electron chi connectivity index (χ3n) is 2.91. The second-order valence-electron chi connectivity index (χ2n) is 3.91. The van der Waals surface area contributed by atoms with Crippen LogP contribution in [0.2, 0.25) is 0 Å². The van der Waals surface area contributed by atoms with Crippen LogP contribution in [0.3, 0.4) is 0 Å². The lowest BCUT2D eigenvalue weighted by molar-refractivity contribution is -0.131. The average molecular weight is 219 g/mol. The van der Waals surface area contributed by atoms with Gasteiger partial charge in [-0.05, 0) is 12.1 Å². The van der Waals surface area contributed by atoms with Crippen LogP contribution in [0, 0.1) is 0 Å². The van der Waals surface area contributed by atoms with Crippen LogP contribution in [0.5, 0.6) is 0 Å². The summed E-state index contributed by atoms with van der Waals surface area (Å²) < 4.78 is 0. The van der Waals surface area contributed by atoms with E-state index >= 15 is 0 Å². The van der Waals surface area contributed by atoms with Crippen LogP contribution < -0.4 is 4.90 Å². The SMILES string of the molecule is CCC(=O)N1CCN(c2ccccn2)CC1. The molecule has 4 heteroatoms. The topological polar surface area (TPSA) is 36.4 Å².